The fourth-order valence-corrected chi connectivity index (χ4v) is 6.17. The molecule has 0 radical (unpaired) electrons. The molecule has 0 saturated carbocycles. The lowest BCUT2D eigenvalue weighted by Crippen LogP contribution is -2.00. The molecule has 0 unspecified atom stereocenters. The number of rotatable bonds is 3. The van der Waals surface area contributed by atoms with Crippen molar-refractivity contribution >= 4 is 43.6 Å². The first-order chi connectivity index (χ1) is 19.8. The molecule has 0 aliphatic heterocycles. The molecule has 40 heavy (non-hydrogen) atoms. The number of nitrogens with zero attached hydrogens (tertiary/aromatic N) is 4. The molecule has 0 spiro atoms. The van der Waals surface area contributed by atoms with Crippen molar-refractivity contribution in [2.75, 3.05) is 0 Å². The van der Waals surface area contributed by atoms with Crippen LogP contribution in [0.15, 0.2) is 134 Å². The van der Waals surface area contributed by atoms with Crippen LogP contribution in [0.5, 0.6) is 0 Å². The van der Waals surface area contributed by atoms with E-state index in [2.05, 4.69) is 129 Å². The van der Waals surface area contributed by atoms with Gasteiger partial charge in [0, 0.05) is 50.8 Å². The molecule has 4 nitrogen and oxygen atoms in total. The van der Waals surface area contributed by atoms with Crippen molar-refractivity contribution in [1.82, 2.24) is 14.1 Å². The Labute approximate surface area is 230 Å². The molecular formula is C36H22N4. The summed E-state index contributed by atoms with van der Waals surface area (Å²) >= 11 is 0. The predicted octanol–water partition coefficient (Wildman–Crippen LogP) is 8.81. The molecule has 186 valence electrons. The third kappa shape index (κ3) is 3.15. The van der Waals surface area contributed by atoms with Gasteiger partial charge in [-0.25, -0.2) is 0 Å². The highest BCUT2D eigenvalue weighted by Crippen LogP contribution is 2.38. The Balaban J connectivity index is 1.37. The Morgan fingerprint density at radius 3 is 1.55 bits per heavy atom. The Bertz CT molecular complexity index is 2190. The molecule has 0 aliphatic carbocycles. The molecule has 3 aromatic heterocycles. The summed E-state index contributed by atoms with van der Waals surface area (Å²) in [5, 5.41) is 15.2. The summed E-state index contributed by atoms with van der Waals surface area (Å²) in [5.41, 5.74) is 8.81. The molecule has 0 N–H and O–H groups in total. The molecule has 8 aromatic rings. The van der Waals surface area contributed by atoms with Crippen LogP contribution in [-0.4, -0.2) is 14.1 Å². The molecule has 8 rings (SSSR count). The maximum absolute atomic E-state index is 10.4. The van der Waals surface area contributed by atoms with Crippen molar-refractivity contribution in [3.8, 4) is 28.6 Å². The zero-order valence-corrected chi connectivity index (χ0v) is 21.5. The standard InChI is InChI=1S/C36H22N4/c37-22-24-21-25(39-32-13-5-1-9-27(32)28-10-2-6-14-33(28)39)17-18-26(24)31-23-38-20-19-36(31)40-34-15-7-3-11-29(34)30-12-4-8-16-35(30)40/h1-21,23H. The van der Waals surface area contributed by atoms with Gasteiger partial charge in [-0.3, -0.25) is 4.98 Å². The second kappa shape index (κ2) is 8.69. The summed E-state index contributed by atoms with van der Waals surface area (Å²) < 4.78 is 4.52. The average Bonchev–Trinajstić information content (AvgIpc) is 3.54. The minimum atomic E-state index is 0.606. The molecule has 0 amide bonds. The van der Waals surface area contributed by atoms with E-state index in [1.807, 2.05) is 24.5 Å². The maximum atomic E-state index is 10.4. The van der Waals surface area contributed by atoms with Crippen molar-refractivity contribution in [1.29, 1.82) is 5.26 Å². The van der Waals surface area contributed by atoms with E-state index in [0.717, 1.165) is 44.6 Å². The normalized spacial score (nSPS) is 11.5. The Hall–Kier alpha value is -5.66. The van der Waals surface area contributed by atoms with E-state index >= 15 is 0 Å². The van der Waals surface area contributed by atoms with Gasteiger partial charge in [-0.1, -0.05) is 78.9 Å². The first-order valence-corrected chi connectivity index (χ1v) is 13.3. The van der Waals surface area contributed by atoms with Crippen LogP contribution in [0, 0.1) is 11.3 Å². The number of nitriles is 1. The number of hydrogen-bond acceptors (Lipinski definition) is 2. The van der Waals surface area contributed by atoms with E-state index in [1.165, 1.54) is 21.5 Å². The summed E-state index contributed by atoms with van der Waals surface area (Å²) in [6, 6.07) is 44.5. The summed E-state index contributed by atoms with van der Waals surface area (Å²) in [6.07, 6.45) is 3.69. The van der Waals surface area contributed by atoms with E-state index in [0.29, 0.717) is 5.56 Å². The Morgan fingerprint density at radius 2 is 1.02 bits per heavy atom. The van der Waals surface area contributed by atoms with Gasteiger partial charge in [0.25, 0.3) is 0 Å². The SMILES string of the molecule is N#Cc1cc(-n2c3ccccc3c3ccccc32)ccc1-c1cnccc1-n1c2ccccc2c2ccccc21. The lowest BCUT2D eigenvalue weighted by molar-refractivity contribution is 1.15. The topological polar surface area (TPSA) is 46.5 Å². The molecule has 0 saturated heterocycles. The fourth-order valence-electron chi connectivity index (χ4n) is 6.17. The summed E-state index contributed by atoms with van der Waals surface area (Å²) in [6.45, 7) is 0. The van der Waals surface area contributed by atoms with Crippen molar-refractivity contribution in [3.63, 3.8) is 0 Å². The molecular weight excluding hydrogens is 488 g/mol. The highest BCUT2D eigenvalue weighted by molar-refractivity contribution is 6.10. The highest BCUT2D eigenvalue weighted by Gasteiger charge is 2.18. The molecule has 0 fully saturated rings. The van der Waals surface area contributed by atoms with Gasteiger partial charge in [-0.05, 0) is 42.5 Å². The van der Waals surface area contributed by atoms with Gasteiger partial charge >= 0.3 is 0 Å². The summed E-state index contributed by atoms with van der Waals surface area (Å²) in [4.78, 5) is 4.49. The van der Waals surface area contributed by atoms with Gasteiger partial charge in [0.15, 0.2) is 0 Å². The minimum Gasteiger partial charge on any atom is -0.309 e. The lowest BCUT2D eigenvalue weighted by atomic mass is 9.99. The third-order valence-corrected chi connectivity index (χ3v) is 7.87. The molecule has 3 heterocycles. The van der Waals surface area contributed by atoms with Crippen LogP contribution in [0.25, 0.3) is 66.1 Å². The van der Waals surface area contributed by atoms with Crippen LogP contribution >= 0.6 is 0 Å². The van der Waals surface area contributed by atoms with Crippen LogP contribution < -0.4 is 0 Å². The Kier molecular flexibility index (Phi) is 4.85. The van der Waals surface area contributed by atoms with E-state index in [-0.39, 0.29) is 0 Å². The first kappa shape index (κ1) is 22.3. The molecule has 0 bridgehead atoms. The van der Waals surface area contributed by atoms with E-state index in [4.69, 9.17) is 0 Å². The van der Waals surface area contributed by atoms with Gasteiger partial charge in [-0.15, -0.1) is 0 Å². The zero-order valence-electron chi connectivity index (χ0n) is 21.5. The second-order valence-corrected chi connectivity index (χ2v) is 9.97. The van der Waals surface area contributed by atoms with Crippen molar-refractivity contribution < 1.29 is 0 Å². The molecule has 0 atom stereocenters. The van der Waals surface area contributed by atoms with Crippen LogP contribution in [-0.2, 0) is 0 Å². The monoisotopic (exact) mass is 510 g/mol. The highest BCUT2D eigenvalue weighted by atomic mass is 15.0. The number of pyridine rings is 1. The lowest BCUT2D eigenvalue weighted by Gasteiger charge is -2.15. The van der Waals surface area contributed by atoms with Crippen molar-refractivity contribution in [2.24, 2.45) is 0 Å². The van der Waals surface area contributed by atoms with Crippen LogP contribution in [0.1, 0.15) is 5.56 Å². The number of hydrogen-bond donors (Lipinski definition) is 0. The van der Waals surface area contributed by atoms with Gasteiger partial charge < -0.3 is 9.13 Å². The minimum absolute atomic E-state index is 0.606. The molecule has 0 aliphatic rings. The Morgan fingerprint density at radius 1 is 0.525 bits per heavy atom. The van der Waals surface area contributed by atoms with Gasteiger partial charge in [0.05, 0.1) is 39.4 Å². The third-order valence-electron chi connectivity index (χ3n) is 7.87. The average molecular weight is 511 g/mol. The molecule has 4 heteroatoms. The van der Waals surface area contributed by atoms with Crippen LogP contribution in [0.2, 0.25) is 0 Å². The number of para-hydroxylation sites is 4. The van der Waals surface area contributed by atoms with Crippen LogP contribution in [0.4, 0.5) is 0 Å². The second-order valence-electron chi connectivity index (χ2n) is 9.97. The predicted molar refractivity (Wildman–Crippen MR) is 163 cm³/mol. The largest absolute Gasteiger partial charge is 0.309 e. The van der Waals surface area contributed by atoms with Gasteiger partial charge in [0.2, 0.25) is 0 Å². The number of benzene rings is 5. The summed E-state index contributed by atoms with van der Waals surface area (Å²) in [7, 11) is 0. The fraction of sp³-hybridized carbons (Fsp3) is 0. The zero-order chi connectivity index (χ0) is 26.6. The summed E-state index contributed by atoms with van der Waals surface area (Å²) in [5.74, 6) is 0. The van der Waals surface area contributed by atoms with E-state index in [9.17, 15) is 5.26 Å². The smallest absolute Gasteiger partial charge is 0.0998 e. The van der Waals surface area contributed by atoms with Crippen molar-refractivity contribution in [3.05, 3.63) is 139 Å². The number of fused-ring (bicyclic) bond motifs is 6. The quantitative estimate of drug-likeness (QED) is 0.238. The number of aromatic nitrogens is 3. The first-order valence-electron chi connectivity index (χ1n) is 13.3. The van der Waals surface area contributed by atoms with E-state index < -0.39 is 0 Å². The van der Waals surface area contributed by atoms with Gasteiger partial charge in [0.1, 0.15) is 0 Å². The van der Waals surface area contributed by atoms with Gasteiger partial charge in [-0.2, -0.15) is 5.26 Å². The van der Waals surface area contributed by atoms with Crippen LogP contribution in [0.3, 0.4) is 0 Å². The molecule has 5 aromatic carbocycles. The van der Waals surface area contributed by atoms with Crippen molar-refractivity contribution in [2.45, 2.75) is 0 Å². The maximum Gasteiger partial charge on any atom is 0.0998 e. The van der Waals surface area contributed by atoms with E-state index in [1.54, 1.807) is 0 Å².